The van der Waals surface area contributed by atoms with E-state index in [1.54, 1.807) is 0 Å². The van der Waals surface area contributed by atoms with Crippen molar-refractivity contribution in [3.8, 4) is 0 Å². The molecule has 0 saturated heterocycles. The van der Waals surface area contributed by atoms with Crippen LogP contribution >= 0.6 is 0 Å². The van der Waals surface area contributed by atoms with Gasteiger partial charge in [-0.2, -0.15) is 0 Å². The quantitative estimate of drug-likeness (QED) is 0.401. The number of rotatable bonds is 8. The molecule has 0 amide bonds. The summed E-state index contributed by atoms with van der Waals surface area (Å²) in [6.45, 7) is 16.0. The molecule has 0 aromatic rings. The lowest BCUT2D eigenvalue weighted by Gasteiger charge is -2.27. The highest BCUT2D eigenvalue weighted by Crippen LogP contribution is 2.28. The maximum Gasteiger partial charge on any atom is 0.0685 e. The molecule has 0 spiro atoms. The van der Waals surface area contributed by atoms with Crippen LogP contribution in [0.4, 0.5) is 0 Å². The summed E-state index contributed by atoms with van der Waals surface area (Å²) in [5, 5.41) is 0. The van der Waals surface area contributed by atoms with E-state index in [4.69, 9.17) is 0 Å². The van der Waals surface area contributed by atoms with Gasteiger partial charge in [0, 0.05) is 0 Å². The molecule has 0 radical (unpaired) electrons. The van der Waals surface area contributed by atoms with E-state index in [-0.39, 0.29) is 0 Å². The van der Waals surface area contributed by atoms with E-state index in [2.05, 4.69) is 57.9 Å². The fourth-order valence-corrected chi connectivity index (χ4v) is 5.52. The first kappa shape index (κ1) is 14.2. The lowest BCUT2D eigenvalue weighted by atomic mass is 10.3. The Morgan fingerprint density at radius 2 is 1.27 bits per heavy atom. The minimum Gasteiger partial charge on any atom is -0.103 e. The monoisotopic (exact) mass is 220 g/mol. The average Bonchev–Trinajstić information content (AvgIpc) is 2.16. The van der Waals surface area contributed by atoms with E-state index in [0.29, 0.717) is 0 Å². The third-order valence-corrected chi connectivity index (χ3v) is 7.21. The largest absolute Gasteiger partial charge is 0.103 e. The lowest BCUT2D eigenvalue weighted by molar-refractivity contribution is 1.26. The smallest absolute Gasteiger partial charge is 0.0685 e. The summed E-state index contributed by atoms with van der Waals surface area (Å²) in [6, 6.07) is 4.71. The molecule has 15 heavy (non-hydrogen) atoms. The molecule has 0 atom stereocenters. The summed E-state index contributed by atoms with van der Waals surface area (Å²) in [6.07, 6.45) is 8.57. The maximum absolute atomic E-state index is 3.88. The Labute approximate surface area is 96.1 Å². The second kappa shape index (κ2) is 7.47. The van der Waals surface area contributed by atoms with Crippen molar-refractivity contribution in [3.05, 3.63) is 49.6 Å². The zero-order chi connectivity index (χ0) is 11.7. The average molecular weight is 220 g/mol. The van der Waals surface area contributed by atoms with Crippen LogP contribution < -0.4 is 0 Å². The molecule has 1 heteroatoms. The first-order chi connectivity index (χ1) is 7.10. The SMILES string of the molecule is C=CC[Si](CC=C)(CC=C)CC=C(C)C. The summed E-state index contributed by atoms with van der Waals surface area (Å²) < 4.78 is 0. The maximum atomic E-state index is 3.88. The molecular formula is C14H24Si. The van der Waals surface area contributed by atoms with Gasteiger partial charge in [0.1, 0.15) is 0 Å². The zero-order valence-corrected chi connectivity index (χ0v) is 11.3. The van der Waals surface area contributed by atoms with Crippen molar-refractivity contribution < 1.29 is 0 Å². The molecule has 0 aliphatic carbocycles. The molecule has 0 bridgehead atoms. The normalized spacial score (nSPS) is 10.5. The van der Waals surface area contributed by atoms with Crippen molar-refractivity contribution >= 4 is 8.07 Å². The van der Waals surface area contributed by atoms with Gasteiger partial charge >= 0.3 is 0 Å². The minimum atomic E-state index is -1.29. The predicted molar refractivity (Wildman–Crippen MR) is 75.0 cm³/mol. The fraction of sp³-hybridized carbons (Fsp3) is 0.429. The van der Waals surface area contributed by atoms with Gasteiger partial charge in [0.05, 0.1) is 8.07 Å². The third kappa shape index (κ3) is 5.58. The molecule has 0 aliphatic heterocycles. The Bertz CT molecular complexity index is 218. The van der Waals surface area contributed by atoms with Gasteiger partial charge in [-0.1, -0.05) is 29.9 Å². The highest BCUT2D eigenvalue weighted by atomic mass is 28.3. The van der Waals surface area contributed by atoms with Crippen LogP contribution in [-0.4, -0.2) is 8.07 Å². The molecule has 0 N–H and O–H groups in total. The highest BCUT2D eigenvalue weighted by Gasteiger charge is 2.27. The topological polar surface area (TPSA) is 0 Å². The van der Waals surface area contributed by atoms with Crippen molar-refractivity contribution in [2.24, 2.45) is 0 Å². The minimum absolute atomic E-state index is 1.16. The van der Waals surface area contributed by atoms with Crippen LogP contribution in [0.2, 0.25) is 24.2 Å². The van der Waals surface area contributed by atoms with E-state index in [1.807, 2.05) is 0 Å². The van der Waals surface area contributed by atoms with E-state index in [1.165, 1.54) is 11.6 Å². The van der Waals surface area contributed by atoms with E-state index in [9.17, 15) is 0 Å². The van der Waals surface area contributed by atoms with Crippen LogP contribution in [0, 0.1) is 0 Å². The second-order valence-corrected chi connectivity index (χ2v) is 9.10. The van der Waals surface area contributed by atoms with Crippen molar-refractivity contribution in [2.75, 3.05) is 0 Å². The Morgan fingerprint density at radius 3 is 1.53 bits per heavy atom. The third-order valence-electron chi connectivity index (χ3n) is 2.68. The molecule has 0 heterocycles. The summed E-state index contributed by atoms with van der Waals surface area (Å²) in [5.74, 6) is 0. The first-order valence-corrected chi connectivity index (χ1v) is 8.39. The lowest BCUT2D eigenvalue weighted by Crippen LogP contribution is -2.31. The van der Waals surface area contributed by atoms with Gasteiger partial charge in [-0.3, -0.25) is 0 Å². The van der Waals surface area contributed by atoms with E-state index in [0.717, 1.165) is 18.1 Å². The molecule has 0 nitrogen and oxygen atoms in total. The van der Waals surface area contributed by atoms with Crippen LogP contribution in [0.25, 0.3) is 0 Å². The van der Waals surface area contributed by atoms with Crippen LogP contribution in [0.5, 0.6) is 0 Å². The molecule has 84 valence electrons. The van der Waals surface area contributed by atoms with Crippen LogP contribution in [0.3, 0.4) is 0 Å². The first-order valence-electron chi connectivity index (χ1n) is 5.56. The van der Waals surface area contributed by atoms with Gasteiger partial charge < -0.3 is 0 Å². The van der Waals surface area contributed by atoms with E-state index < -0.39 is 8.07 Å². The molecule has 0 aliphatic rings. The van der Waals surface area contributed by atoms with Gasteiger partial charge in [-0.05, 0) is 38.0 Å². The Kier molecular flexibility index (Phi) is 7.06. The second-order valence-electron chi connectivity index (χ2n) is 4.46. The summed E-state index contributed by atoms with van der Waals surface area (Å²) in [4.78, 5) is 0. The molecule has 0 unspecified atom stereocenters. The van der Waals surface area contributed by atoms with Crippen LogP contribution in [-0.2, 0) is 0 Å². The molecule has 0 saturated carbocycles. The van der Waals surface area contributed by atoms with Gasteiger partial charge in [0.25, 0.3) is 0 Å². The van der Waals surface area contributed by atoms with Crippen molar-refractivity contribution in [3.63, 3.8) is 0 Å². The van der Waals surface area contributed by atoms with Crippen molar-refractivity contribution in [1.29, 1.82) is 0 Å². The summed E-state index contributed by atoms with van der Waals surface area (Å²) in [7, 11) is -1.29. The van der Waals surface area contributed by atoms with Gasteiger partial charge in [0.15, 0.2) is 0 Å². The van der Waals surface area contributed by atoms with Gasteiger partial charge in [-0.25, -0.2) is 0 Å². The van der Waals surface area contributed by atoms with Crippen LogP contribution in [0.15, 0.2) is 49.6 Å². The van der Waals surface area contributed by atoms with Crippen LogP contribution in [0.1, 0.15) is 13.8 Å². The molecule has 0 fully saturated rings. The zero-order valence-electron chi connectivity index (χ0n) is 10.3. The highest BCUT2D eigenvalue weighted by molar-refractivity contribution is 6.81. The van der Waals surface area contributed by atoms with Crippen molar-refractivity contribution in [2.45, 2.75) is 38.0 Å². The molecule has 0 aromatic heterocycles. The Hall–Kier alpha value is -0.823. The molecule has 0 aromatic carbocycles. The summed E-state index contributed by atoms with van der Waals surface area (Å²) in [5.41, 5.74) is 1.41. The summed E-state index contributed by atoms with van der Waals surface area (Å²) >= 11 is 0. The van der Waals surface area contributed by atoms with E-state index >= 15 is 0 Å². The van der Waals surface area contributed by atoms with Crippen molar-refractivity contribution in [1.82, 2.24) is 0 Å². The van der Waals surface area contributed by atoms with Gasteiger partial charge in [0.2, 0.25) is 0 Å². The number of hydrogen-bond acceptors (Lipinski definition) is 0. The van der Waals surface area contributed by atoms with Gasteiger partial charge in [-0.15, -0.1) is 19.7 Å². The number of allylic oxidation sites excluding steroid dienone is 5. The Balaban J connectivity index is 4.73. The molecule has 0 rings (SSSR count). The molecular weight excluding hydrogens is 196 g/mol. The predicted octanol–water partition coefficient (Wildman–Crippen LogP) is 4.96. The standard InChI is InChI=1S/C14H24Si/c1-6-10-15(11-7-2,12-8-3)13-9-14(4)5/h6-9H,1-3,10-13H2,4-5H3. The number of hydrogen-bond donors (Lipinski definition) is 0. The Morgan fingerprint density at radius 1 is 0.867 bits per heavy atom. The fourth-order valence-electron chi connectivity index (χ4n) is 1.84.